The third kappa shape index (κ3) is 13.9. The Labute approximate surface area is 222 Å². The van der Waals surface area contributed by atoms with Gasteiger partial charge in [-0.25, -0.2) is 0 Å². The first-order valence-corrected chi connectivity index (χ1v) is 14.1. The van der Waals surface area contributed by atoms with Gasteiger partial charge in [-0.3, -0.25) is 4.79 Å². The van der Waals surface area contributed by atoms with Crippen molar-refractivity contribution in [2.24, 2.45) is 0 Å². The molecule has 1 aliphatic heterocycles. The SMILES string of the molecule is CCC/C=C/CC/C=C/C(O)C(COC1OC(CO)C(O)C(O)C1O)NC(=O)CCCCCCCCC. The normalized spacial score (nSPS) is 26.1. The van der Waals surface area contributed by atoms with Crippen LogP contribution in [0.5, 0.6) is 0 Å². The lowest BCUT2D eigenvalue weighted by atomic mass is 9.99. The molecule has 0 aromatic carbocycles. The Morgan fingerprint density at radius 3 is 2.22 bits per heavy atom. The topological polar surface area (TPSA) is 149 Å². The molecular formula is C28H51NO8. The van der Waals surface area contributed by atoms with Crippen LogP contribution in [0.1, 0.15) is 90.9 Å². The minimum Gasteiger partial charge on any atom is -0.394 e. The standard InChI is InChI=1S/C28H51NO8/c1-3-5-7-9-11-13-15-17-22(31)21(29-24(32)18-16-14-12-10-8-6-4-2)20-36-28-27(35)26(34)25(33)23(19-30)37-28/h7,9,15,17,21-23,25-28,30-31,33-35H,3-6,8,10-14,16,18-20H2,1-2H3,(H,29,32)/b9-7+,17-15+. The number of unbranched alkanes of at least 4 members (excludes halogenated alkanes) is 8. The fraction of sp³-hybridized carbons (Fsp3) is 0.821. The van der Waals surface area contributed by atoms with E-state index in [4.69, 9.17) is 9.47 Å². The number of aliphatic hydroxyl groups is 5. The van der Waals surface area contributed by atoms with Gasteiger partial charge in [-0.1, -0.05) is 83.1 Å². The maximum atomic E-state index is 12.6. The number of carbonyl (C=O) groups excluding carboxylic acids is 1. The number of hydrogen-bond acceptors (Lipinski definition) is 8. The van der Waals surface area contributed by atoms with Crippen LogP contribution in [-0.2, 0) is 14.3 Å². The summed E-state index contributed by atoms with van der Waals surface area (Å²) in [5.74, 6) is -0.203. The highest BCUT2D eigenvalue weighted by molar-refractivity contribution is 5.76. The summed E-state index contributed by atoms with van der Waals surface area (Å²) in [5, 5.41) is 53.1. The predicted molar refractivity (Wildman–Crippen MR) is 143 cm³/mol. The van der Waals surface area contributed by atoms with Gasteiger partial charge < -0.3 is 40.3 Å². The summed E-state index contributed by atoms with van der Waals surface area (Å²) >= 11 is 0. The average Bonchev–Trinajstić information content (AvgIpc) is 2.89. The van der Waals surface area contributed by atoms with Gasteiger partial charge in [0.05, 0.1) is 25.4 Å². The largest absolute Gasteiger partial charge is 0.394 e. The molecule has 1 fully saturated rings. The Hall–Kier alpha value is -1.33. The van der Waals surface area contributed by atoms with Crippen LogP contribution in [0.15, 0.2) is 24.3 Å². The van der Waals surface area contributed by atoms with Crippen molar-refractivity contribution in [1.82, 2.24) is 5.32 Å². The van der Waals surface area contributed by atoms with Gasteiger partial charge in [-0.15, -0.1) is 0 Å². The highest BCUT2D eigenvalue weighted by Crippen LogP contribution is 2.22. The Balaban J connectivity index is 2.65. The Morgan fingerprint density at radius 1 is 0.892 bits per heavy atom. The monoisotopic (exact) mass is 529 g/mol. The van der Waals surface area contributed by atoms with Crippen molar-refractivity contribution in [1.29, 1.82) is 0 Å². The second kappa shape index (κ2) is 20.6. The minimum absolute atomic E-state index is 0.201. The van der Waals surface area contributed by atoms with Crippen LogP contribution in [-0.4, -0.2) is 87.5 Å². The van der Waals surface area contributed by atoms with Crippen LogP contribution in [0.4, 0.5) is 0 Å². The fourth-order valence-corrected chi connectivity index (χ4v) is 4.12. The van der Waals surface area contributed by atoms with E-state index in [-0.39, 0.29) is 12.5 Å². The number of allylic oxidation sites excluding steroid dienone is 3. The number of rotatable bonds is 20. The van der Waals surface area contributed by atoms with E-state index in [2.05, 4.69) is 31.3 Å². The molecule has 1 heterocycles. The van der Waals surface area contributed by atoms with Crippen LogP contribution < -0.4 is 5.32 Å². The van der Waals surface area contributed by atoms with Gasteiger partial charge in [0.1, 0.15) is 24.4 Å². The van der Waals surface area contributed by atoms with Crippen molar-refractivity contribution in [3.8, 4) is 0 Å². The molecule has 7 unspecified atom stereocenters. The molecule has 0 aliphatic carbocycles. The Bertz CT molecular complexity index is 642. The van der Waals surface area contributed by atoms with Crippen LogP contribution in [0.2, 0.25) is 0 Å². The van der Waals surface area contributed by atoms with Crippen molar-refractivity contribution < 1.29 is 39.8 Å². The maximum absolute atomic E-state index is 12.6. The average molecular weight is 530 g/mol. The highest BCUT2D eigenvalue weighted by Gasteiger charge is 2.44. The second-order valence-electron chi connectivity index (χ2n) is 9.83. The lowest BCUT2D eigenvalue weighted by Crippen LogP contribution is -2.60. The molecule has 1 rings (SSSR count). The summed E-state index contributed by atoms with van der Waals surface area (Å²) in [4.78, 5) is 12.6. The van der Waals surface area contributed by atoms with Gasteiger partial charge in [0.25, 0.3) is 0 Å². The van der Waals surface area contributed by atoms with E-state index < -0.39 is 49.5 Å². The van der Waals surface area contributed by atoms with Crippen LogP contribution in [0, 0.1) is 0 Å². The van der Waals surface area contributed by atoms with E-state index in [1.165, 1.54) is 25.7 Å². The van der Waals surface area contributed by atoms with Crippen molar-refractivity contribution in [3.05, 3.63) is 24.3 Å². The number of aliphatic hydroxyl groups excluding tert-OH is 5. The van der Waals surface area contributed by atoms with Crippen molar-refractivity contribution >= 4 is 5.91 Å². The summed E-state index contributed by atoms with van der Waals surface area (Å²) in [6, 6.07) is -0.809. The van der Waals surface area contributed by atoms with E-state index in [9.17, 15) is 30.3 Å². The zero-order valence-corrected chi connectivity index (χ0v) is 22.7. The molecule has 0 aromatic rings. The van der Waals surface area contributed by atoms with Gasteiger partial charge in [0, 0.05) is 6.42 Å². The third-order valence-electron chi connectivity index (χ3n) is 6.51. The summed E-state index contributed by atoms with van der Waals surface area (Å²) in [6.45, 7) is 3.53. The molecule has 1 aliphatic rings. The van der Waals surface area contributed by atoms with Gasteiger partial charge in [0.2, 0.25) is 5.91 Å². The second-order valence-corrected chi connectivity index (χ2v) is 9.83. The van der Waals surface area contributed by atoms with Gasteiger partial charge in [0.15, 0.2) is 6.29 Å². The molecule has 0 spiro atoms. The van der Waals surface area contributed by atoms with Crippen LogP contribution >= 0.6 is 0 Å². The van der Waals surface area contributed by atoms with Crippen LogP contribution in [0.3, 0.4) is 0 Å². The molecule has 0 radical (unpaired) electrons. The highest BCUT2D eigenvalue weighted by atomic mass is 16.7. The molecule has 1 amide bonds. The molecule has 0 saturated carbocycles. The quantitative estimate of drug-likeness (QED) is 0.104. The lowest BCUT2D eigenvalue weighted by molar-refractivity contribution is -0.302. The molecule has 0 bridgehead atoms. The molecule has 216 valence electrons. The van der Waals surface area contributed by atoms with Crippen LogP contribution in [0.25, 0.3) is 0 Å². The van der Waals surface area contributed by atoms with E-state index in [1.807, 2.05) is 6.08 Å². The minimum atomic E-state index is -1.56. The Morgan fingerprint density at radius 2 is 1.54 bits per heavy atom. The van der Waals surface area contributed by atoms with Crippen molar-refractivity contribution in [3.63, 3.8) is 0 Å². The number of ether oxygens (including phenoxy) is 2. The van der Waals surface area contributed by atoms with Gasteiger partial charge in [-0.2, -0.15) is 0 Å². The molecule has 37 heavy (non-hydrogen) atoms. The van der Waals surface area contributed by atoms with E-state index in [0.717, 1.165) is 44.9 Å². The first-order valence-electron chi connectivity index (χ1n) is 14.1. The summed E-state index contributed by atoms with van der Waals surface area (Å²) in [5.41, 5.74) is 0. The van der Waals surface area contributed by atoms with Gasteiger partial charge >= 0.3 is 0 Å². The first-order chi connectivity index (χ1) is 17.8. The molecule has 9 nitrogen and oxygen atoms in total. The van der Waals surface area contributed by atoms with Gasteiger partial charge in [-0.05, 0) is 25.7 Å². The first kappa shape index (κ1) is 33.7. The Kier molecular flexibility index (Phi) is 18.8. The van der Waals surface area contributed by atoms with Crippen molar-refractivity contribution in [2.75, 3.05) is 13.2 Å². The summed E-state index contributed by atoms with van der Waals surface area (Å²) < 4.78 is 11.0. The molecule has 7 atom stereocenters. The number of hydrogen-bond donors (Lipinski definition) is 6. The van der Waals surface area contributed by atoms with E-state index in [1.54, 1.807) is 6.08 Å². The molecule has 6 N–H and O–H groups in total. The van der Waals surface area contributed by atoms with Crippen molar-refractivity contribution in [2.45, 2.75) is 134 Å². The molecule has 0 aromatic heterocycles. The predicted octanol–water partition coefficient (Wildman–Crippen LogP) is 2.48. The number of nitrogens with one attached hydrogen (secondary N) is 1. The zero-order chi connectivity index (χ0) is 27.5. The molecule has 9 heteroatoms. The molecular weight excluding hydrogens is 478 g/mol. The van der Waals surface area contributed by atoms with E-state index in [0.29, 0.717) is 6.42 Å². The number of carbonyl (C=O) groups is 1. The molecule has 1 saturated heterocycles. The maximum Gasteiger partial charge on any atom is 0.220 e. The third-order valence-corrected chi connectivity index (χ3v) is 6.51. The zero-order valence-electron chi connectivity index (χ0n) is 22.7. The summed E-state index contributed by atoms with van der Waals surface area (Å²) in [6.07, 6.45) is 11.3. The van der Waals surface area contributed by atoms with E-state index >= 15 is 0 Å². The lowest BCUT2D eigenvalue weighted by Gasteiger charge is -2.40. The number of amides is 1. The summed E-state index contributed by atoms with van der Waals surface area (Å²) in [7, 11) is 0. The smallest absolute Gasteiger partial charge is 0.220 e. The fourth-order valence-electron chi connectivity index (χ4n) is 4.12.